The lowest BCUT2D eigenvalue weighted by Crippen LogP contribution is -2.34. The summed E-state index contributed by atoms with van der Waals surface area (Å²) in [6.45, 7) is 3.74. The largest absolute Gasteiger partial charge is 0.355 e. The van der Waals surface area contributed by atoms with Crippen molar-refractivity contribution < 1.29 is 4.79 Å². The summed E-state index contributed by atoms with van der Waals surface area (Å²) in [6.07, 6.45) is 7.67. The molecule has 1 aliphatic carbocycles. The van der Waals surface area contributed by atoms with Crippen molar-refractivity contribution in [3.8, 4) is 11.3 Å². The standard InChI is InChI=1S/C26H30N6O2/c1-18(32-25(33)17-20-9-7-11-23(20)30-32)26(34)27-21-10-6-8-19(16-21)22-12-13-24(29-28-22)31-14-4-2-3-5-15-31/h6,8,10,12-13,16-18H,2-5,7,9,11,14-15H2,1H3,(H,27,34). The second-order valence-electron chi connectivity index (χ2n) is 9.18. The molecule has 3 heterocycles. The SMILES string of the molecule is CC(C(=O)Nc1cccc(-c2ccc(N3CCCCCC3)nn2)c1)n1nc2c(cc1=O)CCC2. The van der Waals surface area contributed by atoms with Gasteiger partial charge >= 0.3 is 0 Å². The lowest BCUT2D eigenvalue weighted by Gasteiger charge is -2.20. The number of benzene rings is 1. The fourth-order valence-electron chi connectivity index (χ4n) is 4.75. The summed E-state index contributed by atoms with van der Waals surface area (Å²) >= 11 is 0. The molecule has 0 radical (unpaired) electrons. The lowest BCUT2D eigenvalue weighted by atomic mass is 10.1. The van der Waals surface area contributed by atoms with Crippen LogP contribution >= 0.6 is 0 Å². The molecule has 1 N–H and O–H groups in total. The van der Waals surface area contributed by atoms with E-state index in [0.717, 1.165) is 60.7 Å². The molecular formula is C26H30N6O2. The topological polar surface area (TPSA) is 93.0 Å². The van der Waals surface area contributed by atoms with E-state index in [1.165, 1.54) is 30.4 Å². The number of aryl methyl sites for hydroxylation is 2. The van der Waals surface area contributed by atoms with Crippen LogP contribution in [0.3, 0.4) is 0 Å². The molecule has 1 aromatic carbocycles. The third-order valence-electron chi connectivity index (χ3n) is 6.74. The molecule has 34 heavy (non-hydrogen) atoms. The van der Waals surface area contributed by atoms with Crippen molar-refractivity contribution in [2.75, 3.05) is 23.3 Å². The molecule has 0 bridgehead atoms. The Kier molecular flexibility index (Phi) is 6.38. The van der Waals surface area contributed by atoms with Crippen LogP contribution in [0.15, 0.2) is 47.3 Å². The number of amides is 1. The first-order valence-corrected chi connectivity index (χ1v) is 12.2. The van der Waals surface area contributed by atoms with Crippen LogP contribution in [-0.2, 0) is 17.6 Å². The van der Waals surface area contributed by atoms with Gasteiger partial charge in [0.2, 0.25) is 5.91 Å². The number of carbonyl (C=O) groups is 1. The predicted molar refractivity (Wildman–Crippen MR) is 132 cm³/mol. The molecule has 1 amide bonds. The molecule has 8 nitrogen and oxygen atoms in total. The number of hydrogen-bond acceptors (Lipinski definition) is 6. The minimum absolute atomic E-state index is 0.239. The Hall–Kier alpha value is -3.55. The van der Waals surface area contributed by atoms with E-state index in [1.54, 1.807) is 13.0 Å². The highest BCUT2D eigenvalue weighted by atomic mass is 16.2. The monoisotopic (exact) mass is 458 g/mol. The third-order valence-corrected chi connectivity index (χ3v) is 6.74. The predicted octanol–water partition coefficient (Wildman–Crippen LogP) is 3.77. The number of fused-ring (bicyclic) bond motifs is 1. The molecule has 2 aromatic heterocycles. The van der Waals surface area contributed by atoms with Crippen molar-refractivity contribution in [2.45, 2.75) is 57.9 Å². The summed E-state index contributed by atoms with van der Waals surface area (Å²) in [7, 11) is 0. The van der Waals surface area contributed by atoms with E-state index in [1.807, 2.05) is 36.4 Å². The molecule has 1 unspecified atom stereocenters. The van der Waals surface area contributed by atoms with E-state index in [0.29, 0.717) is 5.69 Å². The van der Waals surface area contributed by atoms with Crippen LogP contribution in [0.5, 0.6) is 0 Å². The highest BCUT2D eigenvalue weighted by Crippen LogP contribution is 2.24. The number of rotatable bonds is 5. The molecule has 176 valence electrons. The van der Waals surface area contributed by atoms with Gasteiger partial charge in [-0.05, 0) is 68.9 Å². The molecule has 0 saturated carbocycles. The average molecular weight is 459 g/mol. The highest BCUT2D eigenvalue weighted by molar-refractivity contribution is 5.94. The van der Waals surface area contributed by atoms with Gasteiger partial charge in [0.05, 0.1) is 11.4 Å². The van der Waals surface area contributed by atoms with Crippen molar-refractivity contribution >= 4 is 17.4 Å². The zero-order valence-corrected chi connectivity index (χ0v) is 19.5. The second kappa shape index (κ2) is 9.75. The fraction of sp³-hybridized carbons (Fsp3) is 0.423. The number of carbonyl (C=O) groups excluding carboxylic acids is 1. The van der Waals surface area contributed by atoms with E-state index < -0.39 is 6.04 Å². The van der Waals surface area contributed by atoms with Gasteiger partial charge in [-0.2, -0.15) is 5.10 Å². The molecule has 0 spiro atoms. The smallest absolute Gasteiger partial charge is 0.267 e. The Morgan fingerprint density at radius 3 is 2.56 bits per heavy atom. The summed E-state index contributed by atoms with van der Waals surface area (Å²) in [5.41, 5.74) is 3.94. The van der Waals surface area contributed by atoms with E-state index in [2.05, 4.69) is 25.5 Å². The normalized spacial score (nSPS) is 16.6. The van der Waals surface area contributed by atoms with Crippen LogP contribution in [-0.4, -0.2) is 39.0 Å². The number of nitrogens with one attached hydrogen (secondary N) is 1. The van der Waals surface area contributed by atoms with Crippen molar-refractivity contribution in [1.29, 1.82) is 0 Å². The maximum atomic E-state index is 12.9. The van der Waals surface area contributed by atoms with Gasteiger partial charge in [0.1, 0.15) is 6.04 Å². The molecular weight excluding hydrogens is 428 g/mol. The van der Waals surface area contributed by atoms with E-state index >= 15 is 0 Å². The van der Waals surface area contributed by atoms with Crippen molar-refractivity contribution in [3.63, 3.8) is 0 Å². The van der Waals surface area contributed by atoms with Crippen LogP contribution in [0.2, 0.25) is 0 Å². The molecule has 1 aliphatic heterocycles. The highest BCUT2D eigenvalue weighted by Gasteiger charge is 2.21. The van der Waals surface area contributed by atoms with Gasteiger partial charge in [-0.15, -0.1) is 10.2 Å². The summed E-state index contributed by atoms with van der Waals surface area (Å²) in [5, 5.41) is 16.3. The molecule has 2 aliphatic rings. The summed E-state index contributed by atoms with van der Waals surface area (Å²) in [5.74, 6) is 0.628. The fourth-order valence-corrected chi connectivity index (χ4v) is 4.75. The first-order chi connectivity index (χ1) is 16.6. The first kappa shape index (κ1) is 22.3. The Morgan fingerprint density at radius 2 is 1.79 bits per heavy atom. The van der Waals surface area contributed by atoms with Gasteiger partial charge in [-0.25, -0.2) is 4.68 Å². The number of hydrogen-bond donors (Lipinski definition) is 1. The Bertz CT molecular complexity index is 1230. The lowest BCUT2D eigenvalue weighted by molar-refractivity contribution is -0.119. The third kappa shape index (κ3) is 4.71. The van der Waals surface area contributed by atoms with Crippen LogP contribution < -0.4 is 15.8 Å². The Labute approximate surface area is 199 Å². The van der Waals surface area contributed by atoms with Crippen LogP contribution in [0, 0.1) is 0 Å². The maximum Gasteiger partial charge on any atom is 0.267 e. The molecule has 8 heteroatoms. The van der Waals surface area contributed by atoms with Crippen molar-refractivity contribution in [2.24, 2.45) is 0 Å². The summed E-state index contributed by atoms with van der Waals surface area (Å²) in [6, 6.07) is 12.4. The summed E-state index contributed by atoms with van der Waals surface area (Å²) in [4.78, 5) is 27.7. The number of anilines is 2. The van der Waals surface area contributed by atoms with E-state index in [4.69, 9.17) is 0 Å². The van der Waals surface area contributed by atoms with Crippen LogP contribution in [0.25, 0.3) is 11.3 Å². The average Bonchev–Trinajstić information content (AvgIpc) is 3.13. The van der Waals surface area contributed by atoms with Gasteiger partial charge in [-0.3, -0.25) is 9.59 Å². The Morgan fingerprint density at radius 1 is 0.971 bits per heavy atom. The van der Waals surface area contributed by atoms with Gasteiger partial charge in [0, 0.05) is 30.4 Å². The quantitative estimate of drug-likeness (QED) is 0.626. The minimum Gasteiger partial charge on any atom is -0.355 e. The van der Waals surface area contributed by atoms with Gasteiger partial charge in [0.15, 0.2) is 5.82 Å². The molecule has 1 atom stereocenters. The first-order valence-electron chi connectivity index (χ1n) is 12.2. The van der Waals surface area contributed by atoms with Gasteiger partial charge in [-0.1, -0.05) is 25.0 Å². The number of nitrogens with zero attached hydrogens (tertiary/aromatic N) is 5. The van der Waals surface area contributed by atoms with Crippen LogP contribution in [0.1, 0.15) is 56.3 Å². The van der Waals surface area contributed by atoms with Gasteiger partial charge < -0.3 is 10.2 Å². The van der Waals surface area contributed by atoms with E-state index in [9.17, 15) is 9.59 Å². The Balaban J connectivity index is 1.29. The maximum absolute atomic E-state index is 12.9. The second-order valence-corrected chi connectivity index (χ2v) is 9.18. The number of aromatic nitrogens is 4. The van der Waals surface area contributed by atoms with Crippen molar-refractivity contribution in [3.05, 3.63) is 64.1 Å². The molecule has 3 aromatic rings. The van der Waals surface area contributed by atoms with Crippen molar-refractivity contribution in [1.82, 2.24) is 20.0 Å². The zero-order valence-electron chi connectivity index (χ0n) is 19.5. The zero-order chi connectivity index (χ0) is 23.5. The summed E-state index contributed by atoms with van der Waals surface area (Å²) < 4.78 is 1.29. The minimum atomic E-state index is -0.713. The molecule has 1 fully saturated rings. The molecule has 5 rings (SSSR count). The van der Waals surface area contributed by atoms with Crippen LogP contribution in [0.4, 0.5) is 11.5 Å². The van der Waals surface area contributed by atoms with Gasteiger partial charge in [0.25, 0.3) is 5.56 Å². The van der Waals surface area contributed by atoms with E-state index in [-0.39, 0.29) is 11.5 Å². The molecule has 1 saturated heterocycles.